The highest BCUT2D eigenvalue weighted by Gasteiger charge is 2.27. The molecule has 2 aromatic carbocycles. The summed E-state index contributed by atoms with van der Waals surface area (Å²) in [6, 6.07) is 11.2. The highest BCUT2D eigenvalue weighted by Crippen LogP contribution is 2.34. The van der Waals surface area contributed by atoms with E-state index in [9.17, 15) is 14.4 Å². The predicted molar refractivity (Wildman–Crippen MR) is 172 cm³/mol. The molecule has 10 nitrogen and oxygen atoms in total. The third-order valence-corrected chi connectivity index (χ3v) is 7.35. The van der Waals surface area contributed by atoms with Crippen molar-refractivity contribution < 1.29 is 22.3 Å². The lowest BCUT2D eigenvalue weighted by molar-refractivity contribution is 0.0931. The number of rotatable bonds is 12. The van der Waals surface area contributed by atoms with Gasteiger partial charge < -0.3 is 15.7 Å². The van der Waals surface area contributed by atoms with Crippen LogP contribution in [0.3, 0.4) is 0 Å². The van der Waals surface area contributed by atoms with Gasteiger partial charge in [-0.15, -0.1) is 6.58 Å². The molecule has 10 heteroatoms. The first-order valence-electron chi connectivity index (χ1n) is 14.6. The Morgan fingerprint density at radius 1 is 1.09 bits per heavy atom. The quantitative estimate of drug-likeness (QED) is 0.116. The summed E-state index contributed by atoms with van der Waals surface area (Å²) < 4.78 is 0. The number of carbonyl (C=O) groups is 3. The predicted octanol–water partition coefficient (Wildman–Crippen LogP) is 4.66. The zero-order valence-electron chi connectivity index (χ0n) is 25.4. The van der Waals surface area contributed by atoms with Gasteiger partial charge >= 0.3 is 0 Å². The Morgan fingerprint density at radius 2 is 1.81 bits per heavy atom. The Balaban J connectivity index is 0.00000159. The Hall–Kier alpha value is -4.41. The number of fused-ring (bicyclic) bond motifs is 1. The fourth-order valence-electron chi connectivity index (χ4n) is 5.16. The molecular formula is C33H46N6O4. The van der Waals surface area contributed by atoms with E-state index < -0.39 is 11.8 Å². The third kappa shape index (κ3) is 8.56. The summed E-state index contributed by atoms with van der Waals surface area (Å²) in [5, 5.41) is 13.7. The van der Waals surface area contributed by atoms with Crippen molar-refractivity contribution in [1.82, 2.24) is 26.0 Å². The molecule has 1 aromatic heterocycles. The molecule has 1 heterocycles. The van der Waals surface area contributed by atoms with Crippen LogP contribution in [0.25, 0.3) is 0 Å². The number of aryl methyl sites for hydroxylation is 2. The molecule has 4 rings (SSSR count). The minimum absolute atomic E-state index is 0. The number of aliphatic hydroxyl groups excluding tert-OH is 1. The molecule has 2 amide bonds. The van der Waals surface area contributed by atoms with Gasteiger partial charge in [-0.1, -0.05) is 56.7 Å². The topological polar surface area (TPSA) is 145 Å². The maximum absolute atomic E-state index is 13.2. The minimum Gasteiger partial charge on any atom is -0.392 e. The summed E-state index contributed by atoms with van der Waals surface area (Å²) >= 11 is 0. The number of amides is 2. The van der Waals surface area contributed by atoms with E-state index in [1.165, 1.54) is 23.3 Å². The number of anilines is 1. The number of aromatic nitrogens is 2. The molecule has 0 saturated carbocycles. The standard InChI is InChI=1S/C30H36N6O3.C3H6O.2H2/c1-5-7-21-9-8-19(14-20(21)6-2)16-32-28(38)26-15-27(35-30(34-26)36-31-4)29(39)33-25-13-12-23-18(3)22(17-37)10-11-24(23)25;1-2-3-4;;/h8-11,14-15,17,25,31H,5-7,12-13,16H2,1-4H3,(H,32,38)(H,33,39)(H,34,35,36);2,4H,1,3H2;2*1H/t25-;;;/m0.../s1. The molecule has 0 aliphatic heterocycles. The van der Waals surface area contributed by atoms with Gasteiger partial charge in [-0.05, 0) is 66.0 Å². The number of hydrogen-bond donors (Lipinski definition) is 5. The first kappa shape index (κ1) is 33.1. The molecule has 0 fully saturated rings. The molecule has 0 spiro atoms. The molecule has 0 saturated heterocycles. The van der Waals surface area contributed by atoms with Gasteiger partial charge in [0.2, 0.25) is 5.95 Å². The maximum atomic E-state index is 13.2. The van der Waals surface area contributed by atoms with Crippen LogP contribution in [-0.2, 0) is 25.8 Å². The fourth-order valence-corrected chi connectivity index (χ4v) is 5.16. The van der Waals surface area contributed by atoms with Gasteiger partial charge in [0.15, 0.2) is 0 Å². The second-order valence-corrected chi connectivity index (χ2v) is 10.2. The monoisotopic (exact) mass is 590 g/mol. The van der Waals surface area contributed by atoms with Gasteiger partial charge in [0.05, 0.1) is 12.6 Å². The number of aldehydes is 1. The van der Waals surface area contributed by atoms with Crippen molar-refractivity contribution in [1.29, 1.82) is 0 Å². The number of carbonyl (C=O) groups excluding carboxylic acids is 3. The lowest BCUT2D eigenvalue weighted by Crippen LogP contribution is -2.30. The van der Waals surface area contributed by atoms with Crippen LogP contribution in [0.15, 0.2) is 49.1 Å². The van der Waals surface area contributed by atoms with Gasteiger partial charge in [-0.25, -0.2) is 15.4 Å². The average molecular weight is 591 g/mol. The number of hydrogen-bond acceptors (Lipinski definition) is 8. The maximum Gasteiger partial charge on any atom is 0.270 e. The SMILES string of the molecule is C=CCO.CCCc1ccc(CNC(=O)c2cc(C(=O)N[C@H]3CCc4c3ccc(C=O)c4C)nc(NNC)n2)cc1CC.[HH].[HH]. The zero-order chi connectivity index (χ0) is 31.4. The second-order valence-electron chi connectivity index (χ2n) is 10.2. The van der Waals surface area contributed by atoms with Crippen LogP contribution < -0.4 is 21.5 Å². The molecule has 3 aromatic rings. The van der Waals surface area contributed by atoms with Crippen molar-refractivity contribution in [2.75, 3.05) is 19.1 Å². The molecule has 5 N–H and O–H groups in total. The second kappa shape index (κ2) is 16.3. The minimum atomic E-state index is -0.403. The largest absolute Gasteiger partial charge is 0.392 e. The van der Waals surface area contributed by atoms with E-state index in [2.05, 4.69) is 64.0 Å². The van der Waals surface area contributed by atoms with E-state index in [4.69, 9.17) is 5.11 Å². The first-order valence-corrected chi connectivity index (χ1v) is 14.6. The number of benzene rings is 2. The number of hydrazine groups is 1. The normalized spacial score (nSPS) is 13.3. The van der Waals surface area contributed by atoms with E-state index in [1.807, 2.05) is 19.1 Å². The Bertz CT molecular complexity index is 1470. The molecule has 1 aliphatic rings. The van der Waals surface area contributed by atoms with Gasteiger partial charge in [0.1, 0.15) is 17.7 Å². The van der Waals surface area contributed by atoms with Crippen LogP contribution in [0.4, 0.5) is 5.95 Å². The summed E-state index contributed by atoms with van der Waals surface area (Å²) in [5.74, 6) is -0.685. The fraction of sp³-hybridized carbons (Fsp3) is 0.364. The van der Waals surface area contributed by atoms with E-state index >= 15 is 0 Å². The smallest absolute Gasteiger partial charge is 0.270 e. The van der Waals surface area contributed by atoms with E-state index in [1.54, 1.807) is 13.1 Å². The van der Waals surface area contributed by atoms with E-state index in [-0.39, 0.29) is 32.8 Å². The van der Waals surface area contributed by atoms with Crippen LogP contribution in [0.5, 0.6) is 0 Å². The summed E-state index contributed by atoms with van der Waals surface area (Å²) in [5.41, 5.74) is 13.0. The number of aliphatic hydroxyl groups is 1. The molecule has 43 heavy (non-hydrogen) atoms. The van der Waals surface area contributed by atoms with Crippen molar-refractivity contribution in [2.24, 2.45) is 0 Å². The Morgan fingerprint density at radius 3 is 2.44 bits per heavy atom. The van der Waals surface area contributed by atoms with Crippen LogP contribution in [0.1, 0.15) is 100 Å². The Kier molecular flexibility index (Phi) is 12.5. The molecule has 232 valence electrons. The van der Waals surface area contributed by atoms with Crippen molar-refractivity contribution in [2.45, 2.75) is 65.5 Å². The number of nitrogens with zero attached hydrogens (tertiary/aromatic N) is 2. The summed E-state index contributed by atoms with van der Waals surface area (Å²) in [7, 11) is 1.65. The lowest BCUT2D eigenvalue weighted by atomic mass is 9.98. The van der Waals surface area contributed by atoms with Gasteiger partial charge in [-0.3, -0.25) is 19.8 Å². The summed E-state index contributed by atoms with van der Waals surface area (Å²) in [6.45, 7) is 9.89. The molecule has 0 unspecified atom stereocenters. The average Bonchev–Trinajstić information content (AvgIpc) is 3.44. The van der Waals surface area contributed by atoms with Crippen LogP contribution in [0, 0.1) is 6.92 Å². The summed E-state index contributed by atoms with van der Waals surface area (Å²) in [6.07, 6.45) is 6.84. The molecular weight excluding hydrogens is 544 g/mol. The summed E-state index contributed by atoms with van der Waals surface area (Å²) in [4.78, 5) is 46.2. The number of nitrogens with one attached hydrogen (secondary N) is 4. The lowest BCUT2D eigenvalue weighted by Gasteiger charge is -2.16. The van der Waals surface area contributed by atoms with Crippen LogP contribution in [-0.4, -0.2) is 46.8 Å². The molecule has 1 atom stereocenters. The third-order valence-electron chi connectivity index (χ3n) is 7.35. The molecule has 1 aliphatic carbocycles. The van der Waals surface area contributed by atoms with Crippen LogP contribution in [0.2, 0.25) is 0 Å². The van der Waals surface area contributed by atoms with Gasteiger partial charge in [-0.2, -0.15) is 0 Å². The first-order chi connectivity index (χ1) is 20.8. The van der Waals surface area contributed by atoms with Gasteiger partial charge in [0, 0.05) is 28.1 Å². The molecule has 0 radical (unpaired) electrons. The van der Waals surface area contributed by atoms with Crippen molar-refractivity contribution >= 4 is 24.0 Å². The van der Waals surface area contributed by atoms with Gasteiger partial charge in [0.25, 0.3) is 11.8 Å². The Labute approximate surface area is 256 Å². The van der Waals surface area contributed by atoms with E-state index in [0.29, 0.717) is 12.1 Å². The highest BCUT2D eigenvalue weighted by atomic mass is 16.2. The van der Waals surface area contributed by atoms with Crippen molar-refractivity contribution in [3.63, 3.8) is 0 Å². The molecule has 0 bridgehead atoms. The van der Waals surface area contributed by atoms with Crippen molar-refractivity contribution in [3.05, 3.63) is 99.4 Å². The highest BCUT2D eigenvalue weighted by molar-refractivity contribution is 5.98. The van der Waals surface area contributed by atoms with E-state index in [0.717, 1.165) is 60.6 Å². The van der Waals surface area contributed by atoms with Crippen molar-refractivity contribution in [3.8, 4) is 0 Å². The van der Waals surface area contributed by atoms with Crippen LogP contribution >= 0.6 is 0 Å². The zero-order valence-corrected chi connectivity index (χ0v) is 25.4.